The number of pyridine rings is 1. The van der Waals surface area contributed by atoms with Crippen molar-refractivity contribution in [2.24, 2.45) is 30.7 Å². The third kappa shape index (κ3) is 13.6. The van der Waals surface area contributed by atoms with E-state index in [1.54, 1.807) is 61.5 Å². The Morgan fingerprint density at radius 3 is 1.98 bits per heavy atom. The van der Waals surface area contributed by atoms with E-state index in [-0.39, 0.29) is 51.0 Å². The highest BCUT2D eigenvalue weighted by Gasteiger charge is 2.25. The Hall–Kier alpha value is -7.90. The van der Waals surface area contributed by atoms with Gasteiger partial charge in [0.25, 0.3) is 20.2 Å². The Labute approximate surface area is 356 Å². The lowest BCUT2D eigenvalue weighted by atomic mass is 10.0. The molecule has 0 aliphatic carbocycles. The number of carboxylic acid groups (broad SMARTS) is 2. The third-order valence-electron chi connectivity index (χ3n) is 7.65. The fraction of sp³-hybridized carbons (Fsp3) is 0.111. The minimum absolute atomic E-state index is 0.00538. The number of ether oxygens (including phenoxy) is 1. The number of benzene rings is 4. The first-order valence-electron chi connectivity index (χ1n) is 16.9. The number of aromatic hydroxyl groups is 1. The topological polar surface area (TPSA) is 379 Å². The largest absolute Gasteiger partial charge is 0.493 e. The highest BCUT2D eigenvalue weighted by Crippen LogP contribution is 2.42. The smallest absolute Gasteiger partial charge is 0.425 e. The molecule has 4 aromatic carbocycles. The normalized spacial score (nSPS) is 11.5. The van der Waals surface area contributed by atoms with Gasteiger partial charge in [0.1, 0.15) is 33.7 Å². The van der Waals surface area contributed by atoms with Crippen LogP contribution in [-0.2, 0) is 46.9 Å². The summed E-state index contributed by atoms with van der Waals surface area (Å²) in [6.45, 7) is 0.727. The van der Waals surface area contributed by atoms with Crippen molar-refractivity contribution in [1.29, 1.82) is 5.26 Å². The minimum atomic E-state index is -4.82. The van der Waals surface area contributed by atoms with E-state index in [0.29, 0.717) is 28.5 Å². The first-order valence-corrected chi connectivity index (χ1v) is 21.2. The Kier molecular flexibility index (Phi) is 15.6. The molecule has 0 aliphatic rings. The zero-order chi connectivity index (χ0) is 46.6. The number of azo groups is 3. The molecule has 0 spiro atoms. The standard InChI is InChI=1S/C35H25N9O9S.CH4O3S.O3S/c1-19-13-27(42-43-33-22(15-31(45)46)23(17-36)34-37-24-9-5-6-10-28(24)44(34)35(33)49)29(53-18-32(47)48)16-26(19)41-40-25-12-11-21(14-30(25)54(50,51)52)39-38-20-7-3-2-4-8-20;1-5(2,3)4;1-4(2)3/h2-14,16,49H,15,18H2,1H3,(H,45,46)(H,47,48)(H,50,51,52);1H3,(H,2,3,4);. The molecule has 5 N–H and O–H groups in total. The molecule has 24 nitrogen and oxygen atoms in total. The van der Waals surface area contributed by atoms with Crippen LogP contribution in [0.25, 0.3) is 16.7 Å². The summed E-state index contributed by atoms with van der Waals surface area (Å²) >= 11 is 0. The van der Waals surface area contributed by atoms with E-state index in [1.165, 1.54) is 28.7 Å². The van der Waals surface area contributed by atoms with Crippen molar-refractivity contribution in [3.8, 4) is 17.7 Å². The summed E-state index contributed by atoms with van der Waals surface area (Å²) < 4.78 is 92.4. The van der Waals surface area contributed by atoms with Gasteiger partial charge in [0.15, 0.2) is 17.9 Å². The molecule has 0 unspecified atom stereocenters. The fourth-order valence-electron chi connectivity index (χ4n) is 5.23. The van der Waals surface area contributed by atoms with Crippen LogP contribution in [0, 0.1) is 18.3 Å². The number of nitrogens with zero attached hydrogens (tertiary/aromatic N) is 9. The molecule has 0 aliphatic heterocycles. The van der Waals surface area contributed by atoms with E-state index in [1.807, 2.05) is 6.07 Å². The monoisotopic (exact) mass is 923 g/mol. The number of imidazole rings is 1. The summed E-state index contributed by atoms with van der Waals surface area (Å²) in [5.41, 5.74) is 0.794. The quantitative estimate of drug-likeness (QED) is 0.0649. The van der Waals surface area contributed by atoms with Gasteiger partial charge in [0.05, 0.1) is 40.8 Å². The first-order chi connectivity index (χ1) is 29.6. The number of hydrogen-bond donors (Lipinski definition) is 5. The summed E-state index contributed by atoms with van der Waals surface area (Å²) in [6, 6.07) is 23.6. The molecule has 0 saturated carbocycles. The van der Waals surface area contributed by atoms with Crippen molar-refractivity contribution in [2.45, 2.75) is 18.2 Å². The highest BCUT2D eigenvalue weighted by atomic mass is 32.2. The maximum Gasteiger partial charge on any atom is 0.425 e. The number of hydrogen-bond acceptors (Lipinski definition) is 19. The van der Waals surface area contributed by atoms with Crippen molar-refractivity contribution in [3.63, 3.8) is 0 Å². The lowest BCUT2D eigenvalue weighted by Gasteiger charge is -2.12. The van der Waals surface area contributed by atoms with Crippen LogP contribution in [0.4, 0.5) is 34.1 Å². The Morgan fingerprint density at radius 1 is 0.794 bits per heavy atom. The highest BCUT2D eigenvalue weighted by molar-refractivity contribution is 7.86. The van der Waals surface area contributed by atoms with Crippen LogP contribution in [0.2, 0.25) is 0 Å². The minimum Gasteiger partial charge on any atom is -0.493 e. The third-order valence-corrected chi connectivity index (χ3v) is 8.53. The number of fused-ring (bicyclic) bond motifs is 3. The van der Waals surface area contributed by atoms with Gasteiger partial charge in [0.2, 0.25) is 5.88 Å². The molecular weight excluding hydrogens is 895 g/mol. The molecule has 6 rings (SSSR count). The van der Waals surface area contributed by atoms with E-state index >= 15 is 0 Å². The van der Waals surface area contributed by atoms with Gasteiger partial charge in [-0.1, -0.05) is 30.3 Å². The van der Waals surface area contributed by atoms with Crippen molar-refractivity contribution in [2.75, 3.05) is 12.9 Å². The predicted molar refractivity (Wildman–Crippen MR) is 217 cm³/mol. The van der Waals surface area contributed by atoms with Crippen LogP contribution in [0.3, 0.4) is 0 Å². The molecule has 0 atom stereocenters. The van der Waals surface area contributed by atoms with Gasteiger partial charge in [-0.25, -0.2) is 9.78 Å². The number of aryl methyl sites for hydroxylation is 1. The van der Waals surface area contributed by atoms with Gasteiger partial charge < -0.3 is 20.1 Å². The Morgan fingerprint density at radius 2 is 1.38 bits per heavy atom. The van der Waals surface area contributed by atoms with Crippen LogP contribution >= 0.6 is 0 Å². The molecule has 2 heterocycles. The van der Waals surface area contributed by atoms with Gasteiger partial charge in [0, 0.05) is 11.6 Å². The summed E-state index contributed by atoms with van der Waals surface area (Å²) in [5.74, 6) is -3.43. The average molecular weight is 924 g/mol. The number of para-hydroxylation sites is 2. The summed E-state index contributed by atoms with van der Waals surface area (Å²) in [6.07, 6.45) is -0.0132. The number of nitriles is 1. The van der Waals surface area contributed by atoms with Crippen LogP contribution < -0.4 is 4.74 Å². The number of rotatable bonds is 12. The molecule has 63 heavy (non-hydrogen) atoms. The molecule has 0 fully saturated rings. The SMILES string of the molecule is CS(=O)(=O)O.Cc1cc(N=Nc2c(CC(=O)O)c(C#N)c3nc4ccccc4n3c2O)c(OCC(=O)O)cc1N=Nc1ccc(N=Nc2ccccc2)cc1S(=O)(=O)O.O=S(=O)=O. The van der Waals surface area contributed by atoms with Gasteiger partial charge >= 0.3 is 22.5 Å². The lowest BCUT2D eigenvalue weighted by molar-refractivity contribution is -0.139. The zero-order valence-corrected chi connectivity index (χ0v) is 34.5. The summed E-state index contributed by atoms with van der Waals surface area (Å²) in [4.78, 5) is 27.1. The lowest BCUT2D eigenvalue weighted by Crippen LogP contribution is -2.09. The van der Waals surface area contributed by atoms with Crippen molar-refractivity contribution in [3.05, 3.63) is 102 Å². The van der Waals surface area contributed by atoms with Gasteiger partial charge in [-0.3, -0.25) is 18.3 Å². The van der Waals surface area contributed by atoms with Crippen LogP contribution in [-0.4, -0.2) is 88.1 Å². The van der Waals surface area contributed by atoms with Crippen LogP contribution in [0.1, 0.15) is 16.7 Å². The molecule has 0 radical (unpaired) electrons. The maximum atomic E-state index is 12.3. The summed E-state index contributed by atoms with van der Waals surface area (Å²) in [5, 5.41) is 64.9. The van der Waals surface area contributed by atoms with Crippen LogP contribution in [0.15, 0.2) is 121 Å². The van der Waals surface area contributed by atoms with Crippen molar-refractivity contribution in [1.82, 2.24) is 9.38 Å². The second-order valence-corrected chi connectivity index (χ2v) is 15.5. The average Bonchev–Trinajstić information content (AvgIpc) is 3.58. The first kappa shape index (κ1) is 47.8. The number of carbonyl (C=O) groups is 2. The van der Waals surface area contributed by atoms with E-state index in [9.17, 15) is 51.6 Å². The molecule has 2 aromatic heterocycles. The molecule has 0 amide bonds. The molecule has 0 bridgehead atoms. The number of aliphatic carboxylic acids is 2. The van der Waals surface area contributed by atoms with E-state index in [2.05, 4.69) is 35.7 Å². The van der Waals surface area contributed by atoms with Gasteiger partial charge in [-0.2, -0.15) is 37.4 Å². The Balaban J connectivity index is 0.000000881. The zero-order valence-electron chi connectivity index (χ0n) is 32.1. The van der Waals surface area contributed by atoms with E-state index in [4.69, 9.17) is 21.9 Å². The number of carboxylic acids is 2. The number of aromatic nitrogens is 2. The Bertz CT molecular complexity index is 3210. The van der Waals surface area contributed by atoms with Crippen molar-refractivity contribution >= 4 is 93.6 Å². The van der Waals surface area contributed by atoms with E-state index in [0.717, 1.165) is 6.07 Å². The van der Waals surface area contributed by atoms with Crippen molar-refractivity contribution < 1.29 is 68.2 Å². The molecular formula is C36H29N9O15S3. The molecule has 0 saturated heterocycles. The van der Waals surface area contributed by atoms with E-state index < -0.39 is 66.6 Å². The second-order valence-electron chi connectivity index (χ2n) is 12.3. The molecule has 326 valence electrons. The summed E-state index contributed by atoms with van der Waals surface area (Å²) in [7, 11) is -11.6. The predicted octanol–water partition coefficient (Wildman–Crippen LogP) is 6.46. The second kappa shape index (κ2) is 20.6. The van der Waals surface area contributed by atoms with Crippen LogP contribution in [0.5, 0.6) is 11.6 Å². The fourth-order valence-corrected chi connectivity index (χ4v) is 5.87. The van der Waals surface area contributed by atoms with Gasteiger partial charge in [-0.15, -0.1) is 28.0 Å². The van der Waals surface area contributed by atoms with Gasteiger partial charge in [-0.05, 0) is 61.0 Å². The maximum absolute atomic E-state index is 12.3. The molecule has 27 heteroatoms. The molecule has 6 aromatic rings.